The molecule has 0 radical (unpaired) electrons. The van der Waals surface area contributed by atoms with Gasteiger partial charge in [0.15, 0.2) is 9.84 Å². The summed E-state index contributed by atoms with van der Waals surface area (Å²) in [5, 5.41) is 0. The number of nitrogens with one attached hydrogen (secondary N) is 1. The molecule has 108 valence electrons. The van der Waals surface area contributed by atoms with Gasteiger partial charge in [-0.05, 0) is 24.1 Å². The average Bonchev–Trinajstić information content (AvgIpc) is 2.87. The van der Waals surface area contributed by atoms with Crippen LogP contribution in [0.15, 0.2) is 53.4 Å². The minimum Gasteiger partial charge on any atom is -0.342 e. The first-order valence-electron chi connectivity index (χ1n) is 6.75. The van der Waals surface area contributed by atoms with Gasteiger partial charge in [-0.3, -0.25) is 0 Å². The third-order valence-corrected chi connectivity index (χ3v) is 4.55. The summed E-state index contributed by atoms with van der Waals surface area (Å²) in [6.07, 6.45) is 2.83. The number of imidazole rings is 1. The Bertz CT molecular complexity index is 868. The second-order valence-electron chi connectivity index (χ2n) is 5.09. The molecular weight excluding hydrogens is 284 g/mol. The quantitative estimate of drug-likeness (QED) is 0.806. The van der Waals surface area contributed by atoms with Gasteiger partial charge >= 0.3 is 0 Å². The summed E-state index contributed by atoms with van der Waals surface area (Å²) in [6.45, 7) is 0. The Kier molecular flexibility index (Phi) is 3.51. The van der Waals surface area contributed by atoms with Gasteiger partial charge in [-0.2, -0.15) is 0 Å². The smallest absolute Gasteiger partial charge is 0.177 e. The van der Waals surface area contributed by atoms with E-state index in [4.69, 9.17) is 0 Å². The SMILES string of the molecule is CS(=O)(=O)c1cccc2[nH]c(CCc3ccccc3)nc12. The van der Waals surface area contributed by atoms with Crippen LogP contribution in [0.3, 0.4) is 0 Å². The van der Waals surface area contributed by atoms with Crippen LogP contribution in [-0.2, 0) is 22.7 Å². The van der Waals surface area contributed by atoms with Crippen LogP contribution in [0.1, 0.15) is 11.4 Å². The fourth-order valence-corrected chi connectivity index (χ4v) is 3.21. The highest BCUT2D eigenvalue weighted by molar-refractivity contribution is 7.91. The standard InChI is InChI=1S/C16H16N2O2S/c1-21(19,20)14-9-5-8-13-16(14)18-15(17-13)11-10-12-6-3-2-4-7-12/h2-9H,10-11H2,1H3,(H,17,18). The van der Waals surface area contributed by atoms with Crippen molar-refractivity contribution in [2.75, 3.05) is 6.26 Å². The number of hydrogen-bond acceptors (Lipinski definition) is 3. The van der Waals surface area contributed by atoms with Crippen LogP contribution in [0.5, 0.6) is 0 Å². The zero-order valence-corrected chi connectivity index (χ0v) is 12.5. The topological polar surface area (TPSA) is 62.8 Å². The molecule has 0 unspecified atom stereocenters. The third kappa shape index (κ3) is 2.97. The summed E-state index contributed by atoms with van der Waals surface area (Å²) in [6, 6.07) is 15.3. The third-order valence-electron chi connectivity index (χ3n) is 3.42. The zero-order chi connectivity index (χ0) is 14.9. The van der Waals surface area contributed by atoms with Crippen molar-refractivity contribution < 1.29 is 8.42 Å². The van der Waals surface area contributed by atoms with Crippen molar-refractivity contribution in [1.82, 2.24) is 9.97 Å². The lowest BCUT2D eigenvalue weighted by Gasteiger charge is -1.98. The van der Waals surface area contributed by atoms with E-state index in [9.17, 15) is 8.42 Å². The predicted octanol–water partition coefficient (Wildman–Crippen LogP) is 2.75. The van der Waals surface area contributed by atoms with Crippen molar-refractivity contribution in [1.29, 1.82) is 0 Å². The number of fused-ring (bicyclic) bond motifs is 1. The van der Waals surface area contributed by atoms with Crippen LogP contribution in [0, 0.1) is 0 Å². The summed E-state index contributed by atoms with van der Waals surface area (Å²) in [5.41, 5.74) is 2.53. The highest BCUT2D eigenvalue weighted by atomic mass is 32.2. The summed E-state index contributed by atoms with van der Waals surface area (Å²) >= 11 is 0. The van der Waals surface area contributed by atoms with Gasteiger partial charge in [-0.15, -0.1) is 0 Å². The van der Waals surface area contributed by atoms with E-state index >= 15 is 0 Å². The maximum absolute atomic E-state index is 11.8. The first kappa shape index (κ1) is 13.8. The highest BCUT2D eigenvalue weighted by Crippen LogP contribution is 2.21. The van der Waals surface area contributed by atoms with Crippen molar-refractivity contribution in [2.45, 2.75) is 17.7 Å². The number of H-pyrrole nitrogens is 1. The average molecular weight is 300 g/mol. The fraction of sp³-hybridized carbons (Fsp3) is 0.188. The van der Waals surface area contributed by atoms with Crippen molar-refractivity contribution in [3.63, 3.8) is 0 Å². The Hall–Kier alpha value is -2.14. The van der Waals surface area contributed by atoms with E-state index in [1.807, 2.05) is 24.3 Å². The Morgan fingerprint density at radius 1 is 1.00 bits per heavy atom. The lowest BCUT2D eigenvalue weighted by Crippen LogP contribution is -1.98. The number of rotatable bonds is 4. The Morgan fingerprint density at radius 2 is 1.76 bits per heavy atom. The van der Waals surface area contributed by atoms with Crippen LogP contribution in [0.2, 0.25) is 0 Å². The molecule has 0 amide bonds. The normalized spacial score (nSPS) is 11.9. The first-order chi connectivity index (χ1) is 10.0. The molecule has 1 N–H and O–H groups in total. The molecule has 21 heavy (non-hydrogen) atoms. The van der Waals surface area contributed by atoms with Gasteiger partial charge in [0.2, 0.25) is 0 Å². The molecule has 0 saturated carbocycles. The van der Waals surface area contributed by atoms with E-state index in [-0.39, 0.29) is 4.90 Å². The minimum atomic E-state index is -3.27. The Balaban J connectivity index is 1.91. The molecule has 3 rings (SSSR count). The van der Waals surface area contributed by atoms with Gasteiger partial charge < -0.3 is 4.98 Å². The van der Waals surface area contributed by atoms with Crippen molar-refractivity contribution in [3.05, 3.63) is 59.9 Å². The Labute approximate surface area is 123 Å². The molecule has 4 nitrogen and oxygen atoms in total. The lowest BCUT2D eigenvalue weighted by molar-refractivity contribution is 0.602. The van der Waals surface area contributed by atoms with Gasteiger partial charge in [-0.1, -0.05) is 36.4 Å². The van der Waals surface area contributed by atoms with E-state index in [1.165, 1.54) is 11.8 Å². The highest BCUT2D eigenvalue weighted by Gasteiger charge is 2.14. The molecule has 1 heterocycles. The van der Waals surface area contributed by atoms with E-state index < -0.39 is 9.84 Å². The van der Waals surface area contributed by atoms with E-state index in [0.29, 0.717) is 5.52 Å². The van der Waals surface area contributed by atoms with Gasteiger partial charge in [0.25, 0.3) is 0 Å². The van der Waals surface area contributed by atoms with Crippen LogP contribution < -0.4 is 0 Å². The van der Waals surface area contributed by atoms with Crippen LogP contribution in [-0.4, -0.2) is 24.6 Å². The van der Waals surface area contributed by atoms with Crippen LogP contribution in [0.4, 0.5) is 0 Å². The molecule has 0 spiro atoms. The summed E-state index contributed by atoms with van der Waals surface area (Å²) < 4.78 is 23.6. The number of sulfone groups is 1. The number of aromatic amines is 1. The first-order valence-corrected chi connectivity index (χ1v) is 8.65. The second kappa shape index (κ2) is 5.33. The summed E-state index contributed by atoms with van der Waals surface area (Å²) in [5.74, 6) is 0.810. The zero-order valence-electron chi connectivity index (χ0n) is 11.7. The molecule has 0 aliphatic carbocycles. The summed E-state index contributed by atoms with van der Waals surface area (Å²) in [4.78, 5) is 7.94. The lowest BCUT2D eigenvalue weighted by atomic mass is 10.1. The monoisotopic (exact) mass is 300 g/mol. The molecule has 0 saturated heterocycles. The summed E-state index contributed by atoms with van der Waals surface area (Å²) in [7, 11) is -3.27. The Morgan fingerprint density at radius 3 is 2.48 bits per heavy atom. The molecule has 0 aliphatic rings. The molecule has 5 heteroatoms. The maximum atomic E-state index is 11.8. The van der Waals surface area contributed by atoms with Crippen molar-refractivity contribution in [3.8, 4) is 0 Å². The molecule has 3 aromatic rings. The molecule has 0 aliphatic heterocycles. The number of hydrogen-bond donors (Lipinski definition) is 1. The molecule has 0 bridgehead atoms. The molecule has 0 fully saturated rings. The molecule has 1 aromatic heterocycles. The number of aromatic nitrogens is 2. The molecule has 2 aromatic carbocycles. The number of para-hydroxylation sites is 1. The van der Waals surface area contributed by atoms with E-state index in [0.717, 1.165) is 24.2 Å². The molecular formula is C16H16N2O2S. The number of aryl methyl sites for hydroxylation is 2. The maximum Gasteiger partial charge on any atom is 0.177 e. The number of nitrogens with zero attached hydrogens (tertiary/aromatic N) is 1. The molecule has 0 atom stereocenters. The predicted molar refractivity (Wildman–Crippen MR) is 83.1 cm³/mol. The number of benzene rings is 2. The van der Waals surface area contributed by atoms with E-state index in [1.54, 1.807) is 12.1 Å². The van der Waals surface area contributed by atoms with Gasteiger partial charge in [0.05, 0.1) is 10.4 Å². The van der Waals surface area contributed by atoms with Crippen molar-refractivity contribution in [2.24, 2.45) is 0 Å². The largest absolute Gasteiger partial charge is 0.342 e. The van der Waals surface area contributed by atoms with Gasteiger partial charge in [0, 0.05) is 12.7 Å². The van der Waals surface area contributed by atoms with E-state index in [2.05, 4.69) is 22.1 Å². The minimum absolute atomic E-state index is 0.280. The van der Waals surface area contributed by atoms with Crippen LogP contribution >= 0.6 is 0 Å². The van der Waals surface area contributed by atoms with Gasteiger partial charge in [-0.25, -0.2) is 13.4 Å². The van der Waals surface area contributed by atoms with Crippen LogP contribution in [0.25, 0.3) is 11.0 Å². The van der Waals surface area contributed by atoms with Crippen molar-refractivity contribution >= 4 is 20.9 Å². The fourth-order valence-electron chi connectivity index (χ4n) is 2.38. The second-order valence-corrected chi connectivity index (χ2v) is 7.08. The van der Waals surface area contributed by atoms with Gasteiger partial charge in [0.1, 0.15) is 11.3 Å².